The van der Waals surface area contributed by atoms with E-state index in [-0.39, 0.29) is 0 Å². The molecule has 1 aromatic rings. The molecule has 2 nitrogen and oxygen atoms in total. The summed E-state index contributed by atoms with van der Waals surface area (Å²) >= 11 is 5.26. The average molecular weight is 289 g/mol. The van der Waals surface area contributed by atoms with Gasteiger partial charge in [-0.1, -0.05) is 6.92 Å². The molecule has 0 amide bonds. The first kappa shape index (κ1) is 11.6. The molecule has 0 saturated carbocycles. The summed E-state index contributed by atoms with van der Waals surface area (Å²) in [7, 11) is 0. The zero-order valence-corrected chi connectivity index (χ0v) is 11.4. The van der Waals surface area contributed by atoms with Crippen molar-refractivity contribution in [2.45, 2.75) is 25.9 Å². The van der Waals surface area contributed by atoms with Gasteiger partial charge in [-0.25, -0.2) is 0 Å². The van der Waals surface area contributed by atoms with Crippen LogP contribution >= 0.6 is 27.3 Å². The van der Waals surface area contributed by atoms with Crippen LogP contribution in [0.1, 0.15) is 18.9 Å². The number of likely N-dealkylation sites (tertiary alicyclic amines) is 1. The first-order chi connectivity index (χ1) is 7.15. The van der Waals surface area contributed by atoms with Gasteiger partial charge in [0.05, 0.1) is 3.79 Å². The molecule has 15 heavy (non-hydrogen) atoms. The first-order valence-electron chi connectivity index (χ1n) is 5.36. The Hall–Kier alpha value is 0.1000. The van der Waals surface area contributed by atoms with E-state index in [9.17, 15) is 0 Å². The third-order valence-corrected chi connectivity index (χ3v) is 4.64. The molecular weight excluding hydrogens is 272 g/mol. The Morgan fingerprint density at radius 3 is 3.07 bits per heavy atom. The average Bonchev–Trinajstić information content (AvgIpc) is 2.58. The van der Waals surface area contributed by atoms with Crippen molar-refractivity contribution in [2.24, 2.45) is 11.7 Å². The zero-order valence-electron chi connectivity index (χ0n) is 8.95. The van der Waals surface area contributed by atoms with E-state index in [0.717, 1.165) is 26.1 Å². The van der Waals surface area contributed by atoms with Crippen LogP contribution in [0, 0.1) is 5.92 Å². The maximum Gasteiger partial charge on any atom is 0.0701 e. The fraction of sp³-hybridized carbons (Fsp3) is 0.636. The Labute approximate surface area is 104 Å². The van der Waals surface area contributed by atoms with Crippen LogP contribution in [0.2, 0.25) is 0 Å². The highest BCUT2D eigenvalue weighted by Crippen LogP contribution is 2.23. The third-order valence-electron chi connectivity index (χ3n) is 3.08. The van der Waals surface area contributed by atoms with Gasteiger partial charge in [-0.2, -0.15) is 0 Å². The summed E-state index contributed by atoms with van der Waals surface area (Å²) in [6, 6.07) is 2.61. The summed E-state index contributed by atoms with van der Waals surface area (Å²) in [5, 5.41) is 2.23. The molecule has 0 aliphatic carbocycles. The third kappa shape index (κ3) is 3.03. The van der Waals surface area contributed by atoms with Crippen LogP contribution in [0.25, 0.3) is 0 Å². The Bertz CT molecular complexity index is 326. The van der Waals surface area contributed by atoms with Crippen LogP contribution in [0.4, 0.5) is 0 Å². The molecule has 2 unspecified atom stereocenters. The predicted molar refractivity (Wildman–Crippen MR) is 69.1 cm³/mol. The summed E-state index contributed by atoms with van der Waals surface area (Å²) < 4.78 is 1.22. The van der Waals surface area contributed by atoms with E-state index in [1.165, 1.54) is 9.35 Å². The van der Waals surface area contributed by atoms with Crippen LogP contribution in [0.15, 0.2) is 15.2 Å². The van der Waals surface area contributed by atoms with Crippen LogP contribution in [0.5, 0.6) is 0 Å². The van der Waals surface area contributed by atoms with Gasteiger partial charge in [0.1, 0.15) is 0 Å². The van der Waals surface area contributed by atoms with Crippen molar-refractivity contribution < 1.29 is 0 Å². The van der Waals surface area contributed by atoms with Gasteiger partial charge in [-0.05, 0) is 51.8 Å². The summed E-state index contributed by atoms with van der Waals surface area (Å²) in [6.45, 7) is 5.59. The number of hydrogen-bond donors (Lipinski definition) is 1. The standard InChI is InChI=1S/C11H17BrN2S/c1-8-5-14(3-2-10(8)13)6-9-4-11(12)15-7-9/h4,7-8,10H,2-3,5-6,13H2,1H3. The Morgan fingerprint density at radius 2 is 2.47 bits per heavy atom. The van der Waals surface area contributed by atoms with Crippen molar-refractivity contribution >= 4 is 27.3 Å². The molecule has 1 aromatic heterocycles. The highest BCUT2D eigenvalue weighted by Gasteiger charge is 2.22. The quantitative estimate of drug-likeness (QED) is 0.907. The first-order valence-corrected chi connectivity index (χ1v) is 7.03. The van der Waals surface area contributed by atoms with Gasteiger partial charge in [-0.3, -0.25) is 4.90 Å². The van der Waals surface area contributed by atoms with Crippen molar-refractivity contribution in [1.82, 2.24) is 4.90 Å². The minimum Gasteiger partial charge on any atom is -0.327 e. The van der Waals surface area contributed by atoms with Gasteiger partial charge in [0, 0.05) is 19.1 Å². The van der Waals surface area contributed by atoms with E-state index in [1.807, 2.05) is 0 Å². The van der Waals surface area contributed by atoms with Gasteiger partial charge in [0.15, 0.2) is 0 Å². The fourth-order valence-electron chi connectivity index (χ4n) is 2.08. The van der Waals surface area contributed by atoms with E-state index in [2.05, 4.69) is 39.2 Å². The molecule has 2 N–H and O–H groups in total. The summed E-state index contributed by atoms with van der Waals surface area (Å²) in [5.74, 6) is 0.626. The van der Waals surface area contributed by atoms with Crippen molar-refractivity contribution in [3.8, 4) is 0 Å². The van der Waals surface area contributed by atoms with Crippen molar-refractivity contribution in [2.75, 3.05) is 13.1 Å². The lowest BCUT2D eigenvalue weighted by Gasteiger charge is -2.34. The van der Waals surface area contributed by atoms with Crippen molar-refractivity contribution in [3.63, 3.8) is 0 Å². The number of thiophene rings is 1. The Kier molecular flexibility index (Phi) is 3.83. The summed E-state index contributed by atoms with van der Waals surface area (Å²) in [5.41, 5.74) is 7.42. The molecule has 2 atom stereocenters. The largest absolute Gasteiger partial charge is 0.327 e. The molecule has 0 aromatic carbocycles. The number of hydrogen-bond acceptors (Lipinski definition) is 3. The molecule has 0 bridgehead atoms. The second-order valence-corrected chi connectivity index (χ2v) is 6.71. The van der Waals surface area contributed by atoms with Crippen molar-refractivity contribution in [1.29, 1.82) is 0 Å². The molecular formula is C11H17BrN2S. The zero-order chi connectivity index (χ0) is 10.8. The van der Waals surface area contributed by atoms with Crippen LogP contribution in [-0.4, -0.2) is 24.0 Å². The van der Waals surface area contributed by atoms with E-state index < -0.39 is 0 Å². The topological polar surface area (TPSA) is 29.3 Å². The van der Waals surface area contributed by atoms with Crippen LogP contribution < -0.4 is 5.73 Å². The molecule has 2 heterocycles. The van der Waals surface area contributed by atoms with Gasteiger partial charge in [0.25, 0.3) is 0 Å². The monoisotopic (exact) mass is 288 g/mol. The SMILES string of the molecule is CC1CN(Cc2csc(Br)c2)CCC1N. The van der Waals surface area contributed by atoms with E-state index in [4.69, 9.17) is 5.73 Å². The number of piperidine rings is 1. The molecule has 1 fully saturated rings. The molecule has 84 valence electrons. The van der Waals surface area contributed by atoms with Gasteiger partial charge in [-0.15, -0.1) is 11.3 Å². The fourth-order valence-corrected chi connectivity index (χ4v) is 3.28. The van der Waals surface area contributed by atoms with E-state index >= 15 is 0 Å². The molecule has 1 aliphatic rings. The lowest BCUT2D eigenvalue weighted by molar-refractivity contribution is 0.158. The smallest absolute Gasteiger partial charge is 0.0701 e. The highest BCUT2D eigenvalue weighted by molar-refractivity contribution is 9.11. The lowest BCUT2D eigenvalue weighted by atomic mass is 9.95. The van der Waals surface area contributed by atoms with E-state index in [0.29, 0.717) is 12.0 Å². The lowest BCUT2D eigenvalue weighted by Crippen LogP contribution is -2.45. The minimum atomic E-state index is 0.399. The van der Waals surface area contributed by atoms with Crippen LogP contribution in [-0.2, 0) is 6.54 Å². The second kappa shape index (κ2) is 4.95. The molecule has 0 radical (unpaired) electrons. The second-order valence-electron chi connectivity index (χ2n) is 4.42. The molecule has 1 aliphatic heterocycles. The normalized spacial score (nSPS) is 28.2. The summed E-state index contributed by atoms with van der Waals surface area (Å²) in [4.78, 5) is 2.50. The van der Waals surface area contributed by atoms with Crippen LogP contribution in [0.3, 0.4) is 0 Å². The van der Waals surface area contributed by atoms with Crippen molar-refractivity contribution in [3.05, 3.63) is 20.8 Å². The number of nitrogens with two attached hydrogens (primary N) is 1. The number of halogens is 1. The molecule has 0 spiro atoms. The molecule has 4 heteroatoms. The number of rotatable bonds is 2. The van der Waals surface area contributed by atoms with Gasteiger partial charge in [0.2, 0.25) is 0 Å². The number of nitrogens with zero attached hydrogens (tertiary/aromatic N) is 1. The van der Waals surface area contributed by atoms with Gasteiger partial charge >= 0.3 is 0 Å². The maximum atomic E-state index is 6.01. The maximum absolute atomic E-state index is 6.01. The predicted octanol–water partition coefficient (Wildman–Crippen LogP) is 2.68. The summed E-state index contributed by atoms with van der Waals surface area (Å²) in [6.07, 6.45) is 1.13. The minimum absolute atomic E-state index is 0.399. The molecule has 2 rings (SSSR count). The Balaban J connectivity index is 1.90. The highest BCUT2D eigenvalue weighted by atomic mass is 79.9. The van der Waals surface area contributed by atoms with E-state index in [1.54, 1.807) is 11.3 Å². The van der Waals surface area contributed by atoms with Gasteiger partial charge < -0.3 is 5.73 Å². The molecule has 1 saturated heterocycles. The Morgan fingerprint density at radius 1 is 1.67 bits per heavy atom.